The largest absolute Gasteiger partial charge is 0.506 e. The number of carbonyl (C=O) groups excluding carboxylic acids is 1. The second-order valence-electron chi connectivity index (χ2n) is 5.29. The van der Waals surface area contributed by atoms with Crippen molar-refractivity contribution in [3.05, 3.63) is 53.6 Å². The van der Waals surface area contributed by atoms with Gasteiger partial charge in [-0.25, -0.2) is 4.99 Å². The number of hydrogen-bond donors (Lipinski definition) is 5. The Morgan fingerprint density at radius 1 is 1.12 bits per heavy atom. The molecule has 2 aromatic rings. The third-order valence-electron chi connectivity index (χ3n) is 3.30. The Balaban J connectivity index is 2.12. The minimum Gasteiger partial charge on any atom is -0.506 e. The van der Waals surface area contributed by atoms with Crippen molar-refractivity contribution in [3.63, 3.8) is 0 Å². The molecule has 8 heteroatoms. The zero-order chi connectivity index (χ0) is 18.4. The summed E-state index contributed by atoms with van der Waals surface area (Å²) in [7, 11) is 0. The summed E-state index contributed by atoms with van der Waals surface area (Å²) < 4.78 is 0. The molecule has 0 unspecified atom stereocenters. The van der Waals surface area contributed by atoms with E-state index < -0.39 is 11.9 Å². The summed E-state index contributed by atoms with van der Waals surface area (Å²) >= 11 is 0. The van der Waals surface area contributed by atoms with E-state index in [-0.39, 0.29) is 30.2 Å². The number of phenols is 1. The van der Waals surface area contributed by atoms with E-state index in [0.29, 0.717) is 16.8 Å². The highest BCUT2D eigenvalue weighted by Gasteiger charge is 2.10. The number of nitrogens with zero attached hydrogens (tertiary/aromatic N) is 1. The number of carboxylic acids is 1. The van der Waals surface area contributed by atoms with Gasteiger partial charge in [0.1, 0.15) is 5.75 Å². The lowest BCUT2D eigenvalue weighted by molar-refractivity contribution is -0.136. The van der Waals surface area contributed by atoms with Gasteiger partial charge in [-0.3, -0.25) is 9.59 Å². The minimum absolute atomic E-state index is 0.0390. The molecule has 0 spiro atoms. The Morgan fingerprint density at radius 2 is 1.88 bits per heavy atom. The average Bonchev–Trinajstić information content (AvgIpc) is 2.54. The number of hydrogen-bond acceptors (Lipinski definition) is 4. The fourth-order valence-corrected chi connectivity index (χ4v) is 2.15. The van der Waals surface area contributed by atoms with E-state index in [1.54, 1.807) is 24.3 Å². The van der Waals surface area contributed by atoms with Gasteiger partial charge in [-0.05, 0) is 42.3 Å². The fraction of sp³-hybridized carbons (Fsp3) is 0.118. The first kappa shape index (κ1) is 17.8. The van der Waals surface area contributed by atoms with Crippen LogP contribution in [0.15, 0.2) is 47.5 Å². The number of benzene rings is 2. The van der Waals surface area contributed by atoms with Crippen LogP contribution < -0.4 is 16.8 Å². The number of phenolic OH excluding ortho intramolecular Hbond substituents is 1. The van der Waals surface area contributed by atoms with Gasteiger partial charge in [0.15, 0.2) is 5.96 Å². The van der Waals surface area contributed by atoms with E-state index in [4.69, 9.17) is 16.6 Å². The van der Waals surface area contributed by atoms with Crippen LogP contribution in [0.2, 0.25) is 0 Å². The van der Waals surface area contributed by atoms with Crippen LogP contribution in [-0.2, 0) is 11.2 Å². The summed E-state index contributed by atoms with van der Waals surface area (Å²) in [4.78, 5) is 26.7. The number of aryl methyl sites for hydroxylation is 1. The molecule has 0 aliphatic carbocycles. The standard InChI is InChI=1S/C17H18N4O4/c18-17(19)20-12-3-1-2-11(9-12)16(25)21-13-6-4-10(8-14(13)22)5-7-15(23)24/h1-4,6,8-9,22H,5,7H2,(H,21,25)(H,23,24)(H4,18,19,20). The van der Waals surface area contributed by atoms with E-state index in [0.717, 1.165) is 0 Å². The van der Waals surface area contributed by atoms with Gasteiger partial charge in [0.05, 0.1) is 11.4 Å². The number of carbonyl (C=O) groups is 2. The topological polar surface area (TPSA) is 151 Å². The van der Waals surface area contributed by atoms with Crippen molar-refractivity contribution in [1.82, 2.24) is 0 Å². The normalized spacial score (nSPS) is 10.1. The molecule has 2 aromatic carbocycles. The van der Waals surface area contributed by atoms with Crippen LogP contribution in [0.25, 0.3) is 0 Å². The molecular weight excluding hydrogens is 324 g/mol. The average molecular weight is 342 g/mol. The van der Waals surface area contributed by atoms with Gasteiger partial charge >= 0.3 is 5.97 Å². The molecule has 0 fully saturated rings. The Kier molecular flexibility index (Phi) is 5.57. The molecule has 25 heavy (non-hydrogen) atoms. The number of nitrogens with one attached hydrogen (secondary N) is 1. The van der Waals surface area contributed by atoms with Crippen molar-refractivity contribution in [1.29, 1.82) is 0 Å². The number of aliphatic carboxylic acids is 1. The van der Waals surface area contributed by atoms with Crippen molar-refractivity contribution >= 4 is 29.2 Å². The van der Waals surface area contributed by atoms with Gasteiger partial charge in [-0.2, -0.15) is 0 Å². The number of rotatable bonds is 6. The van der Waals surface area contributed by atoms with Crippen LogP contribution in [0.4, 0.5) is 11.4 Å². The molecule has 0 aromatic heterocycles. The SMILES string of the molecule is NC(N)=Nc1cccc(C(=O)Nc2ccc(CCC(=O)O)cc2O)c1. The van der Waals surface area contributed by atoms with Crippen LogP contribution in [0.5, 0.6) is 5.75 Å². The predicted molar refractivity (Wildman–Crippen MR) is 93.9 cm³/mol. The van der Waals surface area contributed by atoms with Crippen molar-refractivity contribution in [2.75, 3.05) is 5.32 Å². The summed E-state index contributed by atoms with van der Waals surface area (Å²) in [6, 6.07) is 11.0. The molecule has 0 radical (unpaired) electrons. The lowest BCUT2D eigenvalue weighted by Crippen LogP contribution is -2.21. The van der Waals surface area contributed by atoms with E-state index in [9.17, 15) is 14.7 Å². The van der Waals surface area contributed by atoms with E-state index >= 15 is 0 Å². The molecule has 0 aliphatic heterocycles. The van der Waals surface area contributed by atoms with Gasteiger partial charge < -0.3 is 27.0 Å². The smallest absolute Gasteiger partial charge is 0.303 e. The van der Waals surface area contributed by atoms with E-state index in [2.05, 4.69) is 10.3 Å². The molecule has 0 bridgehead atoms. The monoisotopic (exact) mass is 342 g/mol. The third kappa shape index (κ3) is 5.24. The number of aliphatic imine (C=N–C) groups is 1. The summed E-state index contributed by atoms with van der Waals surface area (Å²) in [5.74, 6) is -1.62. The highest BCUT2D eigenvalue weighted by molar-refractivity contribution is 6.05. The Hall–Kier alpha value is -3.55. The van der Waals surface area contributed by atoms with Crippen molar-refractivity contribution in [3.8, 4) is 5.75 Å². The van der Waals surface area contributed by atoms with Crippen molar-refractivity contribution in [2.45, 2.75) is 12.8 Å². The Bertz CT molecular complexity index is 829. The van der Waals surface area contributed by atoms with Gasteiger partial charge in [0.2, 0.25) is 0 Å². The van der Waals surface area contributed by atoms with Gasteiger partial charge in [-0.15, -0.1) is 0 Å². The van der Waals surface area contributed by atoms with Crippen LogP contribution in [0, 0.1) is 0 Å². The summed E-state index contributed by atoms with van der Waals surface area (Å²) in [6.45, 7) is 0. The molecule has 8 nitrogen and oxygen atoms in total. The summed E-state index contributed by atoms with van der Waals surface area (Å²) in [6.07, 6.45) is 0.250. The summed E-state index contributed by atoms with van der Waals surface area (Å²) in [5, 5.41) is 21.3. The molecule has 2 rings (SSSR count). The third-order valence-corrected chi connectivity index (χ3v) is 3.30. The molecule has 0 saturated heterocycles. The second-order valence-corrected chi connectivity index (χ2v) is 5.29. The number of carboxylic acid groups (broad SMARTS) is 1. The maximum Gasteiger partial charge on any atom is 0.303 e. The minimum atomic E-state index is -0.919. The van der Waals surface area contributed by atoms with Crippen LogP contribution in [0.1, 0.15) is 22.3 Å². The summed E-state index contributed by atoms with van der Waals surface area (Å²) in [5.41, 5.74) is 12.2. The van der Waals surface area contributed by atoms with Gasteiger partial charge in [-0.1, -0.05) is 12.1 Å². The van der Waals surface area contributed by atoms with Crippen LogP contribution in [0.3, 0.4) is 0 Å². The number of nitrogens with two attached hydrogens (primary N) is 2. The molecular formula is C17H18N4O4. The lowest BCUT2D eigenvalue weighted by Gasteiger charge is -2.09. The maximum absolute atomic E-state index is 12.3. The lowest BCUT2D eigenvalue weighted by atomic mass is 10.1. The first-order valence-electron chi connectivity index (χ1n) is 7.40. The fourth-order valence-electron chi connectivity index (χ4n) is 2.15. The number of amides is 1. The zero-order valence-electron chi connectivity index (χ0n) is 13.3. The molecule has 7 N–H and O–H groups in total. The molecule has 0 heterocycles. The number of guanidine groups is 1. The van der Waals surface area contributed by atoms with E-state index in [1.807, 2.05) is 0 Å². The molecule has 0 atom stereocenters. The number of anilines is 1. The molecule has 0 saturated carbocycles. The molecule has 1 amide bonds. The zero-order valence-corrected chi connectivity index (χ0v) is 13.3. The Labute approximate surface area is 143 Å². The quantitative estimate of drug-likeness (QED) is 0.305. The van der Waals surface area contributed by atoms with Crippen LogP contribution >= 0.6 is 0 Å². The van der Waals surface area contributed by atoms with Crippen molar-refractivity contribution in [2.24, 2.45) is 16.5 Å². The predicted octanol–water partition coefficient (Wildman–Crippen LogP) is 1.57. The second kappa shape index (κ2) is 7.82. The van der Waals surface area contributed by atoms with Crippen molar-refractivity contribution < 1.29 is 19.8 Å². The van der Waals surface area contributed by atoms with Gasteiger partial charge in [0.25, 0.3) is 5.91 Å². The van der Waals surface area contributed by atoms with Crippen LogP contribution in [-0.4, -0.2) is 28.0 Å². The molecule has 0 aliphatic rings. The highest BCUT2D eigenvalue weighted by atomic mass is 16.4. The van der Waals surface area contributed by atoms with Gasteiger partial charge in [0, 0.05) is 12.0 Å². The molecule has 130 valence electrons. The first-order chi connectivity index (χ1) is 11.8. The van der Waals surface area contributed by atoms with E-state index in [1.165, 1.54) is 18.2 Å². The first-order valence-corrected chi connectivity index (χ1v) is 7.40. The highest BCUT2D eigenvalue weighted by Crippen LogP contribution is 2.26. The maximum atomic E-state index is 12.3. The number of aromatic hydroxyl groups is 1. The Morgan fingerprint density at radius 3 is 2.52 bits per heavy atom.